The fraction of sp³-hybridized carbons (Fsp3) is 0.263. The Morgan fingerprint density at radius 2 is 1.93 bits per heavy atom. The average Bonchev–Trinajstić information content (AvgIpc) is 2.64. The number of hydrogen-bond acceptors (Lipinski definition) is 4. The van der Waals surface area contributed by atoms with Crippen molar-refractivity contribution in [2.45, 2.75) is 12.7 Å². The van der Waals surface area contributed by atoms with Crippen LogP contribution in [0.15, 0.2) is 42.5 Å². The van der Waals surface area contributed by atoms with Crippen molar-refractivity contribution in [3.8, 4) is 0 Å². The van der Waals surface area contributed by atoms with Gasteiger partial charge in [-0.25, -0.2) is 4.79 Å². The van der Waals surface area contributed by atoms with Crippen LogP contribution >= 0.6 is 47.2 Å². The summed E-state index contributed by atoms with van der Waals surface area (Å²) in [4.78, 5) is 11.9. The molecule has 0 aliphatic heterocycles. The molecule has 0 unspecified atom stereocenters. The Labute approximate surface area is 179 Å². The zero-order chi connectivity index (χ0) is 19.6. The van der Waals surface area contributed by atoms with E-state index in [1.165, 1.54) is 5.56 Å². The van der Waals surface area contributed by atoms with Gasteiger partial charge in [0.1, 0.15) is 0 Å². The lowest BCUT2D eigenvalue weighted by Gasteiger charge is -2.12. The number of anilines is 1. The molecule has 0 aliphatic carbocycles. The number of nitrogens with one attached hydrogen (secondary N) is 2. The second-order valence-electron chi connectivity index (χ2n) is 5.48. The molecule has 2 aromatic rings. The van der Waals surface area contributed by atoms with Crippen LogP contribution in [-0.4, -0.2) is 30.0 Å². The van der Waals surface area contributed by atoms with Gasteiger partial charge in [0.05, 0.1) is 17.2 Å². The average molecular weight is 443 g/mol. The number of halogens is 2. The van der Waals surface area contributed by atoms with Crippen molar-refractivity contribution in [1.29, 1.82) is 0 Å². The molecule has 2 rings (SSSR count). The lowest BCUT2D eigenvalue weighted by Crippen LogP contribution is -2.30. The first kappa shape index (κ1) is 21.8. The summed E-state index contributed by atoms with van der Waals surface area (Å²) in [5.74, 6) is 1.36. The molecular formula is C19H20Cl2N2O2S2. The van der Waals surface area contributed by atoms with Gasteiger partial charge in [-0.3, -0.25) is 0 Å². The van der Waals surface area contributed by atoms with Crippen molar-refractivity contribution >= 4 is 64.0 Å². The van der Waals surface area contributed by atoms with E-state index in [9.17, 15) is 4.79 Å². The van der Waals surface area contributed by atoms with Gasteiger partial charge in [-0.1, -0.05) is 35.3 Å². The highest BCUT2D eigenvalue weighted by atomic mass is 35.5. The number of thiocarbonyl (C=S) groups is 1. The lowest BCUT2D eigenvalue weighted by molar-refractivity contribution is 0.0526. The van der Waals surface area contributed by atoms with E-state index in [1.54, 1.807) is 36.9 Å². The van der Waals surface area contributed by atoms with Gasteiger partial charge in [-0.05, 0) is 55.0 Å². The molecule has 0 aromatic heterocycles. The summed E-state index contributed by atoms with van der Waals surface area (Å²) in [5, 5.41) is 7.77. The van der Waals surface area contributed by atoms with Crippen molar-refractivity contribution in [2.24, 2.45) is 0 Å². The van der Waals surface area contributed by atoms with E-state index in [4.69, 9.17) is 40.2 Å². The second-order valence-corrected chi connectivity index (χ2v) is 7.83. The molecular weight excluding hydrogens is 423 g/mol. The fourth-order valence-electron chi connectivity index (χ4n) is 2.15. The van der Waals surface area contributed by atoms with Gasteiger partial charge in [0.15, 0.2) is 5.11 Å². The molecule has 2 N–H and O–H groups in total. The quantitative estimate of drug-likeness (QED) is 0.324. The van der Waals surface area contributed by atoms with Crippen LogP contribution in [0.2, 0.25) is 10.0 Å². The number of carbonyl (C=O) groups is 1. The smallest absolute Gasteiger partial charge is 0.339 e. The van der Waals surface area contributed by atoms with Crippen LogP contribution < -0.4 is 10.6 Å². The summed E-state index contributed by atoms with van der Waals surface area (Å²) < 4.78 is 4.99. The van der Waals surface area contributed by atoms with Gasteiger partial charge in [0.25, 0.3) is 0 Å². The maximum atomic E-state index is 11.9. The Kier molecular flexibility index (Phi) is 9.21. The minimum Gasteiger partial charge on any atom is -0.462 e. The van der Waals surface area contributed by atoms with Crippen LogP contribution in [0, 0.1) is 0 Å². The van der Waals surface area contributed by atoms with Crippen molar-refractivity contribution < 1.29 is 9.53 Å². The molecule has 8 heteroatoms. The number of thioether (sulfide) groups is 1. The normalized spacial score (nSPS) is 10.3. The Morgan fingerprint density at radius 1 is 1.19 bits per heavy atom. The molecule has 0 aliphatic rings. The topological polar surface area (TPSA) is 50.4 Å². The van der Waals surface area contributed by atoms with Crippen LogP contribution in [0.5, 0.6) is 0 Å². The molecule has 2 aromatic carbocycles. The van der Waals surface area contributed by atoms with Crippen molar-refractivity contribution in [3.63, 3.8) is 0 Å². The van der Waals surface area contributed by atoms with Crippen molar-refractivity contribution in [2.75, 3.05) is 24.2 Å². The maximum absolute atomic E-state index is 11.9. The molecule has 144 valence electrons. The van der Waals surface area contributed by atoms with Gasteiger partial charge in [-0.2, -0.15) is 11.8 Å². The molecule has 0 saturated carbocycles. The van der Waals surface area contributed by atoms with E-state index in [0.717, 1.165) is 23.1 Å². The second kappa shape index (κ2) is 11.4. The monoisotopic (exact) mass is 442 g/mol. The Morgan fingerprint density at radius 3 is 2.63 bits per heavy atom. The summed E-state index contributed by atoms with van der Waals surface area (Å²) in [5.41, 5.74) is 2.22. The SMILES string of the molecule is CCOC(=O)c1cc(NC(=S)NCCSCc2ccc(Cl)cc2)ccc1Cl. The minimum absolute atomic E-state index is 0.292. The number of ether oxygens (including phenoxy) is 1. The summed E-state index contributed by atoms with van der Waals surface area (Å²) >= 11 is 19.0. The van der Waals surface area contributed by atoms with Crippen LogP contribution in [0.3, 0.4) is 0 Å². The molecule has 0 saturated heterocycles. The fourth-order valence-corrected chi connectivity index (χ4v) is 3.51. The molecule has 0 heterocycles. The highest BCUT2D eigenvalue weighted by molar-refractivity contribution is 7.98. The van der Waals surface area contributed by atoms with Crippen molar-refractivity contribution in [3.05, 3.63) is 63.6 Å². The Hall–Kier alpha value is -1.47. The largest absolute Gasteiger partial charge is 0.462 e. The molecule has 0 radical (unpaired) electrons. The van der Waals surface area contributed by atoms with Crippen molar-refractivity contribution in [1.82, 2.24) is 5.32 Å². The maximum Gasteiger partial charge on any atom is 0.339 e. The summed E-state index contributed by atoms with van der Waals surface area (Å²) in [6.07, 6.45) is 0. The van der Waals surface area contributed by atoms with E-state index in [1.807, 2.05) is 24.3 Å². The van der Waals surface area contributed by atoms with Crippen LogP contribution in [0.4, 0.5) is 5.69 Å². The Balaban J connectivity index is 1.74. The van der Waals surface area contributed by atoms with Gasteiger partial charge < -0.3 is 15.4 Å². The summed E-state index contributed by atoms with van der Waals surface area (Å²) in [6, 6.07) is 12.9. The predicted octanol–water partition coefficient (Wildman–Crippen LogP) is 5.39. The first-order valence-corrected chi connectivity index (χ1v) is 10.6. The third-order valence-corrected chi connectivity index (χ3v) is 5.29. The molecule has 0 spiro atoms. The van der Waals surface area contributed by atoms with Gasteiger partial charge >= 0.3 is 5.97 Å². The number of esters is 1. The number of carbonyl (C=O) groups excluding carboxylic acids is 1. The van der Waals surface area contributed by atoms with Gasteiger partial charge in [-0.15, -0.1) is 0 Å². The molecule has 27 heavy (non-hydrogen) atoms. The third kappa shape index (κ3) is 7.58. The molecule has 0 atom stereocenters. The van der Waals surface area contributed by atoms with E-state index >= 15 is 0 Å². The first-order chi connectivity index (χ1) is 13.0. The van der Waals surface area contributed by atoms with Gasteiger partial charge in [0, 0.05) is 28.8 Å². The molecule has 0 amide bonds. The lowest BCUT2D eigenvalue weighted by atomic mass is 10.2. The first-order valence-electron chi connectivity index (χ1n) is 8.33. The summed E-state index contributed by atoms with van der Waals surface area (Å²) in [6.45, 7) is 2.76. The molecule has 0 bridgehead atoms. The minimum atomic E-state index is -0.455. The zero-order valence-corrected chi connectivity index (χ0v) is 17.9. The van der Waals surface area contributed by atoms with Crippen LogP contribution in [-0.2, 0) is 10.5 Å². The highest BCUT2D eigenvalue weighted by Crippen LogP contribution is 2.21. The molecule has 4 nitrogen and oxygen atoms in total. The number of benzene rings is 2. The van der Waals surface area contributed by atoms with E-state index < -0.39 is 5.97 Å². The van der Waals surface area contributed by atoms with E-state index in [0.29, 0.717) is 28.0 Å². The zero-order valence-electron chi connectivity index (χ0n) is 14.8. The Bertz CT molecular complexity index is 786. The van der Waals surface area contributed by atoms with Crippen LogP contribution in [0.25, 0.3) is 0 Å². The van der Waals surface area contributed by atoms with Crippen LogP contribution in [0.1, 0.15) is 22.8 Å². The number of hydrogen-bond donors (Lipinski definition) is 2. The number of rotatable bonds is 8. The predicted molar refractivity (Wildman–Crippen MR) is 119 cm³/mol. The summed E-state index contributed by atoms with van der Waals surface area (Å²) in [7, 11) is 0. The third-order valence-electron chi connectivity index (χ3n) is 3.43. The van der Waals surface area contributed by atoms with E-state index in [-0.39, 0.29) is 0 Å². The van der Waals surface area contributed by atoms with Gasteiger partial charge in [0.2, 0.25) is 0 Å². The highest BCUT2D eigenvalue weighted by Gasteiger charge is 2.12. The standard InChI is InChI=1S/C19H20Cl2N2O2S2/c1-2-25-18(24)16-11-15(7-8-17(16)21)23-19(26)22-9-10-27-12-13-3-5-14(20)6-4-13/h3-8,11H,2,9-10,12H2,1H3,(H2,22,23,26). The molecule has 0 fully saturated rings. The van der Waals surface area contributed by atoms with E-state index in [2.05, 4.69) is 10.6 Å².